The zero-order chi connectivity index (χ0) is 40.7. The molecule has 0 saturated heterocycles. The summed E-state index contributed by atoms with van der Waals surface area (Å²) in [5, 5.41) is 64.8. The summed E-state index contributed by atoms with van der Waals surface area (Å²) < 4.78 is 18.9. The predicted octanol–water partition coefficient (Wildman–Crippen LogP) is 7.79. The van der Waals surface area contributed by atoms with Crippen LogP contribution in [0, 0.1) is 0 Å². The maximum Gasteiger partial charge on any atom is 0.120 e. The number of hydrogen-bond acceptors (Lipinski definition) is 9. The van der Waals surface area contributed by atoms with Gasteiger partial charge in [-0.1, -0.05) is 0 Å². The molecule has 4 rings (SSSR count). The van der Waals surface area contributed by atoms with E-state index in [1.165, 1.54) is 0 Å². The molecule has 9 nitrogen and oxygen atoms in total. The number of ether oxygens (including phenoxy) is 3. The normalized spacial score (nSPS) is 13.2. The van der Waals surface area contributed by atoms with Gasteiger partial charge in [-0.3, -0.25) is 0 Å². The van der Waals surface area contributed by atoms with Gasteiger partial charge in [0.2, 0.25) is 0 Å². The van der Waals surface area contributed by atoms with Crippen molar-refractivity contribution in [3.8, 4) is 17.2 Å². The third-order valence-corrected chi connectivity index (χ3v) is 9.29. The van der Waals surface area contributed by atoms with E-state index in [1.807, 2.05) is 18.2 Å². The quantitative estimate of drug-likeness (QED) is 0.0718. The van der Waals surface area contributed by atoms with E-state index < -0.39 is 33.6 Å². The smallest absolute Gasteiger partial charge is 0.120 e. The maximum atomic E-state index is 10.8. The van der Waals surface area contributed by atoms with Gasteiger partial charge in [0.05, 0.1) is 33.6 Å². The second-order valence-corrected chi connectivity index (χ2v) is 17.6. The molecular weight excluding hydrogens is 684 g/mol. The molecular formula is C45H60O9. The van der Waals surface area contributed by atoms with E-state index in [2.05, 4.69) is 0 Å². The van der Waals surface area contributed by atoms with Crippen LogP contribution in [0.3, 0.4) is 0 Å². The monoisotopic (exact) mass is 744 g/mol. The lowest BCUT2D eigenvalue weighted by Gasteiger charge is -2.25. The fraction of sp³-hybridized carbons (Fsp3) is 0.467. The zero-order valence-corrected chi connectivity index (χ0v) is 34.0. The van der Waals surface area contributed by atoms with Gasteiger partial charge in [0.1, 0.15) is 37.1 Å². The van der Waals surface area contributed by atoms with E-state index in [9.17, 15) is 30.6 Å². The van der Waals surface area contributed by atoms with Crippen LogP contribution in [0.4, 0.5) is 0 Å². The van der Waals surface area contributed by atoms with Crippen molar-refractivity contribution >= 4 is 0 Å². The minimum absolute atomic E-state index is 0.148. The van der Waals surface area contributed by atoms with E-state index in [0.717, 1.165) is 16.7 Å². The Balaban J connectivity index is 1.71. The second kappa shape index (κ2) is 15.3. The van der Waals surface area contributed by atoms with Crippen molar-refractivity contribution in [3.63, 3.8) is 0 Å². The molecule has 9 heteroatoms. The van der Waals surface area contributed by atoms with Crippen molar-refractivity contribution < 1.29 is 44.8 Å². The highest BCUT2D eigenvalue weighted by Crippen LogP contribution is 2.35. The lowest BCUT2D eigenvalue weighted by molar-refractivity contribution is 0.0700. The fourth-order valence-electron chi connectivity index (χ4n) is 5.76. The van der Waals surface area contributed by atoms with Crippen molar-refractivity contribution in [2.45, 2.75) is 137 Å². The molecule has 0 unspecified atom stereocenters. The van der Waals surface area contributed by atoms with Gasteiger partial charge in [-0.15, -0.1) is 0 Å². The maximum absolute atomic E-state index is 10.8. The molecule has 4 aromatic rings. The first-order valence-electron chi connectivity index (χ1n) is 18.3. The molecule has 0 fully saturated rings. The van der Waals surface area contributed by atoms with Gasteiger partial charge in [0.25, 0.3) is 0 Å². The average Bonchev–Trinajstić information content (AvgIpc) is 3.02. The van der Waals surface area contributed by atoms with Crippen LogP contribution in [0.15, 0.2) is 72.8 Å². The second-order valence-electron chi connectivity index (χ2n) is 17.6. The molecule has 0 bridgehead atoms. The summed E-state index contributed by atoms with van der Waals surface area (Å²) in [5.74, 6) is 1.45. The van der Waals surface area contributed by atoms with Gasteiger partial charge in [0, 0.05) is 0 Å². The summed E-state index contributed by atoms with van der Waals surface area (Å²) in [4.78, 5) is 0. The first-order chi connectivity index (χ1) is 24.5. The van der Waals surface area contributed by atoms with E-state index in [-0.39, 0.29) is 19.8 Å². The van der Waals surface area contributed by atoms with Crippen LogP contribution in [-0.2, 0) is 53.4 Å². The highest BCUT2D eigenvalue weighted by Gasteiger charge is 2.26. The van der Waals surface area contributed by atoms with Crippen molar-refractivity contribution in [1.29, 1.82) is 0 Å². The molecule has 0 amide bonds. The predicted molar refractivity (Wildman–Crippen MR) is 210 cm³/mol. The van der Waals surface area contributed by atoms with Crippen LogP contribution in [0.2, 0.25) is 0 Å². The number of rotatable bonds is 15. The number of benzene rings is 4. The Hall–Kier alpha value is -3.96. The van der Waals surface area contributed by atoms with Gasteiger partial charge >= 0.3 is 0 Å². The Morgan fingerprint density at radius 2 is 0.463 bits per heavy atom. The molecule has 0 aromatic heterocycles. The summed E-state index contributed by atoms with van der Waals surface area (Å²) in [6.45, 7) is 20.6. The van der Waals surface area contributed by atoms with Crippen molar-refractivity contribution in [3.05, 3.63) is 123 Å². The third-order valence-electron chi connectivity index (χ3n) is 9.29. The zero-order valence-electron chi connectivity index (χ0n) is 34.0. The molecule has 0 aliphatic heterocycles. The largest absolute Gasteiger partial charge is 0.489 e. The van der Waals surface area contributed by atoms with E-state index in [1.54, 1.807) is 138 Å². The lowest BCUT2D eigenvalue weighted by Crippen LogP contribution is -2.20. The number of hydrogen-bond donors (Lipinski definition) is 6. The van der Waals surface area contributed by atoms with Crippen molar-refractivity contribution in [1.82, 2.24) is 0 Å². The summed E-state index contributed by atoms with van der Waals surface area (Å²) in [5.41, 5.74) is -0.959. The summed E-state index contributed by atoms with van der Waals surface area (Å²) >= 11 is 0. The molecule has 6 N–H and O–H groups in total. The lowest BCUT2D eigenvalue weighted by atomic mass is 9.90. The van der Waals surface area contributed by atoms with Crippen molar-refractivity contribution in [2.75, 3.05) is 0 Å². The van der Waals surface area contributed by atoms with Crippen LogP contribution >= 0.6 is 0 Å². The molecule has 0 radical (unpaired) electrons. The van der Waals surface area contributed by atoms with E-state index >= 15 is 0 Å². The van der Waals surface area contributed by atoms with Crippen molar-refractivity contribution in [2.24, 2.45) is 0 Å². The minimum atomic E-state index is -1.16. The molecule has 294 valence electrons. The first kappa shape index (κ1) is 42.8. The average molecular weight is 745 g/mol. The van der Waals surface area contributed by atoms with E-state index in [0.29, 0.717) is 50.6 Å². The molecule has 0 aliphatic rings. The topological polar surface area (TPSA) is 149 Å². The molecule has 4 aromatic carbocycles. The highest BCUT2D eigenvalue weighted by molar-refractivity contribution is 5.42. The fourth-order valence-corrected chi connectivity index (χ4v) is 5.76. The number of aliphatic hydroxyl groups is 6. The molecule has 0 saturated carbocycles. The molecule has 0 aliphatic carbocycles. The Labute approximate surface area is 320 Å². The summed E-state index contributed by atoms with van der Waals surface area (Å²) in [6.07, 6.45) is 0. The van der Waals surface area contributed by atoms with Crippen LogP contribution in [0.1, 0.15) is 133 Å². The molecule has 0 spiro atoms. The van der Waals surface area contributed by atoms with Crippen LogP contribution in [-0.4, -0.2) is 30.6 Å². The van der Waals surface area contributed by atoms with Crippen LogP contribution in [0.5, 0.6) is 17.2 Å². The summed E-state index contributed by atoms with van der Waals surface area (Å²) in [7, 11) is 0. The molecule has 0 atom stereocenters. The molecule has 0 heterocycles. The summed E-state index contributed by atoms with van der Waals surface area (Å²) in [6, 6.07) is 21.8. The molecule has 54 heavy (non-hydrogen) atoms. The van der Waals surface area contributed by atoms with Crippen LogP contribution < -0.4 is 14.2 Å². The Morgan fingerprint density at radius 3 is 0.611 bits per heavy atom. The van der Waals surface area contributed by atoms with Gasteiger partial charge in [-0.2, -0.15) is 0 Å². The third kappa shape index (κ3) is 11.8. The van der Waals surface area contributed by atoms with E-state index in [4.69, 9.17) is 14.2 Å². The minimum Gasteiger partial charge on any atom is -0.489 e. The van der Waals surface area contributed by atoms with Gasteiger partial charge in [-0.25, -0.2) is 0 Å². The SMILES string of the molecule is CC(C)(O)c1cc(OCc2cc(COc3cc(C(C)(C)O)cc(C(C)(C)O)c3)cc(COc3cc(C(C)(C)O)cc(C(C)(C)O)c3)c2)cc(C(C)(C)O)c1. The first-order valence-corrected chi connectivity index (χ1v) is 18.3. The Morgan fingerprint density at radius 1 is 0.296 bits per heavy atom. The van der Waals surface area contributed by atoms with Gasteiger partial charge in [-0.05, 0) is 206 Å². The Bertz CT molecular complexity index is 1590. The Kier molecular flexibility index (Phi) is 12.1. The van der Waals surface area contributed by atoms with Crippen LogP contribution in [0.25, 0.3) is 0 Å². The highest BCUT2D eigenvalue weighted by atomic mass is 16.5. The van der Waals surface area contributed by atoms with Gasteiger partial charge < -0.3 is 44.8 Å². The standard InChI is InChI=1S/C45H60O9/c1-40(2,46)31-16-32(41(3,4)47)20-37(19-31)52-25-28-13-29(26-53-38-21-33(42(5,6)48)17-34(22-38)43(7,8)49)15-30(14-28)27-54-39-23-35(44(9,10)50)18-36(24-39)45(11,12)51/h13-24,46-51H,25-27H2,1-12H3. The van der Waals surface area contributed by atoms with Gasteiger partial charge in [0.15, 0.2) is 0 Å².